The van der Waals surface area contributed by atoms with Gasteiger partial charge in [0.1, 0.15) is 0 Å². The fourth-order valence-corrected chi connectivity index (χ4v) is 2.86. The average Bonchev–Trinajstić information content (AvgIpc) is 2.37. The molecular weight excluding hydrogens is 252 g/mol. The Kier molecular flexibility index (Phi) is 7.78. The molecule has 0 heterocycles. The lowest BCUT2D eigenvalue weighted by atomic mass is 9.85. The van der Waals surface area contributed by atoms with Crippen LogP contribution in [0.15, 0.2) is 11.6 Å². The van der Waals surface area contributed by atoms with Crippen LogP contribution in [-0.4, -0.2) is 30.2 Å². The van der Waals surface area contributed by atoms with E-state index in [1.165, 1.54) is 5.57 Å². The molecule has 3 heteroatoms. The number of ether oxygens (including phenoxy) is 2. The van der Waals surface area contributed by atoms with Crippen molar-refractivity contribution in [3.05, 3.63) is 11.6 Å². The number of allylic oxidation sites excluding steroid dienone is 2. The van der Waals surface area contributed by atoms with E-state index >= 15 is 0 Å². The summed E-state index contributed by atoms with van der Waals surface area (Å²) in [5.41, 5.74) is 0.961. The van der Waals surface area contributed by atoms with Crippen molar-refractivity contribution in [1.29, 1.82) is 0 Å². The Morgan fingerprint density at radius 1 is 1.30 bits per heavy atom. The van der Waals surface area contributed by atoms with Gasteiger partial charge in [-0.15, -0.1) is 0 Å². The summed E-state index contributed by atoms with van der Waals surface area (Å²) < 4.78 is 11.5. The van der Waals surface area contributed by atoms with Crippen LogP contribution in [0.2, 0.25) is 0 Å². The van der Waals surface area contributed by atoms with Crippen molar-refractivity contribution in [2.75, 3.05) is 13.2 Å². The topological polar surface area (TPSA) is 38.7 Å². The lowest BCUT2D eigenvalue weighted by Crippen LogP contribution is -2.29. The summed E-state index contributed by atoms with van der Waals surface area (Å²) in [5, 5.41) is 9.77. The zero-order valence-electron chi connectivity index (χ0n) is 13.7. The molecule has 3 nitrogen and oxygen atoms in total. The van der Waals surface area contributed by atoms with Crippen LogP contribution in [-0.2, 0) is 9.47 Å². The van der Waals surface area contributed by atoms with Crippen LogP contribution in [0.25, 0.3) is 0 Å². The summed E-state index contributed by atoms with van der Waals surface area (Å²) >= 11 is 0. The van der Waals surface area contributed by atoms with Gasteiger partial charge in [-0.25, -0.2) is 0 Å². The molecule has 0 radical (unpaired) electrons. The van der Waals surface area contributed by atoms with Gasteiger partial charge in [-0.1, -0.05) is 11.6 Å². The molecule has 1 aliphatic rings. The summed E-state index contributed by atoms with van der Waals surface area (Å²) in [6.07, 6.45) is 8.67. The van der Waals surface area contributed by atoms with Gasteiger partial charge in [-0.2, -0.15) is 0 Å². The zero-order valence-corrected chi connectivity index (χ0v) is 13.7. The molecule has 0 amide bonds. The van der Waals surface area contributed by atoms with Gasteiger partial charge in [0.15, 0.2) is 6.29 Å². The van der Waals surface area contributed by atoms with Gasteiger partial charge in [0.05, 0.1) is 5.60 Å². The summed E-state index contributed by atoms with van der Waals surface area (Å²) in [5.74, 6) is 0.483. The minimum atomic E-state index is -0.548. The van der Waals surface area contributed by atoms with E-state index < -0.39 is 5.60 Å². The van der Waals surface area contributed by atoms with Gasteiger partial charge >= 0.3 is 0 Å². The van der Waals surface area contributed by atoms with E-state index in [9.17, 15) is 5.11 Å². The van der Waals surface area contributed by atoms with Gasteiger partial charge in [0.2, 0.25) is 0 Å². The van der Waals surface area contributed by atoms with Crippen LogP contribution in [0.5, 0.6) is 0 Å². The second kappa shape index (κ2) is 8.81. The largest absolute Gasteiger partial charge is 0.390 e. The van der Waals surface area contributed by atoms with Crippen molar-refractivity contribution < 1.29 is 14.6 Å². The Hall–Kier alpha value is -0.380. The zero-order chi connectivity index (χ0) is 15.0. The fourth-order valence-electron chi connectivity index (χ4n) is 2.86. The van der Waals surface area contributed by atoms with Gasteiger partial charge in [-0.05, 0) is 66.2 Å². The third kappa shape index (κ3) is 6.87. The molecular formula is C17H32O3. The molecule has 1 atom stereocenters. The van der Waals surface area contributed by atoms with E-state index in [0.717, 1.165) is 38.5 Å². The average molecular weight is 284 g/mol. The highest BCUT2D eigenvalue weighted by molar-refractivity contribution is 5.07. The predicted molar refractivity (Wildman–Crippen MR) is 82.6 cm³/mol. The highest BCUT2D eigenvalue weighted by Gasteiger charge is 2.25. The van der Waals surface area contributed by atoms with Gasteiger partial charge in [0.25, 0.3) is 0 Å². The first-order valence-corrected chi connectivity index (χ1v) is 8.09. The van der Waals surface area contributed by atoms with E-state index in [1.54, 1.807) is 0 Å². The normalized spacial score (nSPS) is 20.3. The molecule has 0 saturated carbocycles. The first-order chi connectivity index (χ1) is 9.46. The third-order valence-corrected chi connectivity index (χ3v) is 3.83. The quantitative estimate of drug-likeness (QED) is 0.513. The van der Waals surface area contributed by atoms with E-state index in [2.05, 4.69) is 6.08 Å². The molecule has 0 spiro atoms. The summed E-state index contributed by atoms with van der Waals surface area (Å²) in [6.45, 7) is 9.22. The Morgan fingerprint density at radius 3 is 2.50 bits per heavy atom. The number of aliphatic hydroxyl groups is 1. The van der Waals surface area contributed by atoms with Gasteiger partial charge in [-0.3, -0.25) is 0 Å². The monoisotopic (exact) mass is 284 g/mol. The smallest absolute Gasteiger partial charge is 0.160 e. The SMILES string of the molecule is CCOC(OCC)C1CCC=C(CCCC(C)(C)O)C1. The van der Waals surface area contributed by atoms with Crippen molar-refractivity contribution in [3.8, 4) is 0 Å². The molecule has 0 aromatic heterocycles. The van der Waals surface area contributed by atoms with E-state index in [1.807, 2.05) is 27.7 Å². The van der Waals surface area contributed by atoms with Crippen LogP contribution >= 0.6 is 0 Å². The van der Waals surface area contributed by atoms with Crippen molar-refractivity contribution >= 4 is 0 Å². The van der Waals surface area contributed by atoms with Crippen molar-refractivity contribution in [1.82, 2.24) is 0 Å². The molecule has 0 aromatic carbocycles. The minimum Gasteiger partial charge on any atom is -0.390 e. The highest BCUT2D eigenvalue weighted by Crippen LogP contribution is 2.31. The van der Waals surface area contributed by atoms with Crippen LogP contribution in [0.3, 0.4) is 0 Å². The highest BCUT2D eigenvalue weighted by atomic mass is 16.7. The van der Waals surface area contributed by atoms with Crippen molar-refractivity contribution in [3.63, 3.8) is 0 Å². The second-order valence-electron chi connectivity index (χ2n) is 6.35. The molecule has 1 rings (SSSR count). The van der Waals surface area contributed by atoms with E-state index in [-0.39, 0.29) is 6.29 Å². The Labute approximate surface area is 124 Å². The molecule has 1 aliphatic carbocycles. The lowest BCUT2D eigenvalue weighted by Gasteiger charge is -2.30. The van der Waals surface area contributed by atoms with E-state index in [4.69, 9.17) is 9.47 Å². The second-order valence-corrected chi connectivity index (χ2v) is 6.35. The third-order valence-electron chi connectivity index (χ3n) is 3.83. The molecule has 0 aliphatic heterocycles. The fraction of sp³-hybridized carbons (Fsp3) is 0.882. The first-order valence-electron chi connectivity index (χ1n) is 8.09. The molecule has 0 saturated heterocycles. The Bertz CT molecular complexity index is 285. The van der Waals surface area contributed by atoms with Gasteiger partial charge < -0.3 is 14.6 Å². The summed E-state index contributed by atoms with van der Waals surface area (Å²) in [6, 6.07) is 0. The minimum absolute atomic E-state index is 0.0528. The van der Waals surface area contributed by atoms with Crippen LogP contribution in [0.4, 0.5) is 0 Å². The number of hydrogen-bond acceptors (Lipinski definition) is 3. The summed E-state index contributed by atoms with van der Waals surface area (Å²) in [4.78, 5) is 0. The molecule has 1 N–H and O–H groups in total. The molecule has 1 unspecified atom stereocenters. The van der Waals surface area contributed by atoms with Crippen molar-refractivity contribution in [2.45, 2.75) is 78.1 Å². The van der Waals surface area contributed by atoms with Crippen LogP contribution in [0.1, 0.15) is 66.2 Å². The van der Waals surface area contributed by atoms with Crippen LogP contribution in [0, 0.1) is 5.92 Å². The van der Waals surface area contributed by atoms with Gasteiger partial charge in [0, 0.05) is 19.1 Å². The molecule has 20 heavy (non-hydrogen) atoms. The number of hydrogen-bond donors (Lipinski definition) is 1. The molecule has 0 aromatic rings. The van der Waals surface area contributed by atoms with Crippen molar-refractivity contribution in [2.24, 2.45) is 5.92 Å². The lowest BCUT2D eigenvalue weighted by molar-refractivity contribution is -0.168. The van der Waals surface area contributed by atoms with E-state index in [0.29, 0.717) is 19.1 Å². The Balaban J connectivity index is 2.42. The predicted octanol–water partition coefficient (Wildman–Crippen LogP) is 4.05. The maximum atomic E-state index is 9.77. The summed E-state index contributed by atoms with van der Waals surface area (Å²) in [7, 11) is 0. The maximum absolute atomic E-state index is 9.77. The van der Waals surface area contributed by atoms with Crippen LogP contribution < -0.4 is 0 Å². The molecule has 0 fully saturated rings. The first kappa shape index (κ1) is 17.7. The number of rotatable bonds is 9. The standard InChI is InChI=1S/C17H32O3/c1-5-19-16(20-6-2)15-11-7-9-14(13-15)10-8-12-17(3,4)18/h9,15-16,18H,5-8,10-13H2,1-4H3. The molecule has 0 bridgehead atoms. The molecule has 118 valence electrons. The maximum Gasteiger partial charge on any atom is 0.160 e. The Morgan fingerprint density at radius 2 is 1.95 bits per heavy atom.